The Bertz CT molecular complexity index is 797. The second-order valence-corrected chi connectivity index (χ2v) is 8.69. The van der Waals surface area contributed by atoms with Gasteiger partial charge in [0.1, 0.15) is 0 Å². The molecule has 1 N–H and O–H groups in total. The van der Waals surface area contributed by atoms with Gasteiger partial charge in [0.25, 0.3) is 0 Å². The fraction of sp³-hybridized carbons (Fsp3) is 0.550. The molecule has 4 rings (SSSR count). The summed E-state index contributed by atoms with van der Waals surface area (Å²) in [5, 5.41) is 3.15. The fourth-order valence-electron chi connectivity index (χ4n) is 3.75. The maximum absolute atomic E-state index is 12.5. The predicted molar refractivity (Wildman–Crippen MR) is 114 cm³/mol. The van der Waals surface area contributed by atoms with Crippen molar-refractivity contribution in [2.45, 2.75) is 48.9 Å². The molecule has 2 aliphatic heterocycles. The molecule has 1 aromatic heterocycles. The average molecular weight is 439 g/mol. The second kappa shape index (κ2) is 9.28. The highest BCUT2D eigenvalue weighted by Crippen LogP contribution is 2.37. The Hall–Kier alpha value is -2.23. The van der Waals surface area contributed by atoms with Crippen molar-refractivity contribution in [2.75, 3.05) is 41.3 Å². The number of nitrogens with one attached hydrogen (secondary N) is 1. The zero-order valence-corrected chi connectivity index (χ0v) is 17.5. The predicted octanol–water partition coefficient (Wildman–Crippen LogP) is 5.21. The summed E-state index contributed by atoms with van der Waals surface area (Å²) in [5.41, 5.74) is -3.66. The van der Waals surface area contributed by atoms with Crippen molar-refractivity contribution in [2.24, 2.45) is 0 Å². The fourth-order valence-corrected chi connectivity index (χ4v) is 4.29. The Morgan fingerprint density at radius 1 is 0.733 bits per heavy atom. The molecule has 0 amide bonds. The van der Waals surface area contributed by atoms with Crippen LogP contribution in [0.3, 0.4) is 0 Å². The lowest BCUT2D eigenvalue weighted by Gasteiger charge is -2.30. The van der Waals surface area contributed by atoms with Crippen molar-refractivity contribution in [3.63, 3.8) is 0 Å². The third kappa shape index (κ3) is 5.68. The molecular formula is C20H25F3N6S. The minimum Gasteiger partial charge on any atom is -0.341 e. The van der Waals surface area contributed by atoms with Crippen molar-refractivity contribution in [1.82, 2.24) is 15.0 Å². The number of anilines is 4. The van der Waals surface area contributed by atoms with Crippen LogP contribution >= 0.6 is 11.8 Å². The van der Waals surface area contributed by atoms with E-state index in [1.807, 2.05) is 0 Å². The van der Waals surface area contributed by atoms with Gasteiger partial charge in [-0.05, 0) is 74.6 Å². The van der Waals surface area contributed by atoms with Crippen LogP contribution in [0.2, 0.25) is 0 Å². The Labute approximate surface area is 178 Å². The first-order chi connectivity index (χ1) is 14.5. The summed E-state index contributed by atoms with van der Waals surface area (Å²) in [7, 11) is 0. The monoisotopic (exact) mass is 438 g/mol. The summed E-state index contributed by atoms with van der Waals surface area (Å²) >= 11 is -0.124. The number of halogens is 3. The van der Waals surface area contributed by atoms with E-state index in [2.05, 4.69) is 25.1 Å². The van der Waals surface area contributed by atoms with Crippen LogP contribution < -0.4 is 15.1 Å². The molecule has 3 heterocycles. The number of rotatable bonds is 5. The van der Waals surface area contributed by atoms with Gasteiger partial charge in [0.05, 0.1) is 0 Å². The van der Waals surface area contributed by atoms with Crippen LogP contribution in [0.5, 0.6) is 0 Å². The molecule has 10 heteroatoms. The molecule has 2 fully saturated rings. The standard InChI is InChI=1S/C20H25F3N6S/c21-20(22,23)30-16-9-7-15(8-10-16)24-17-25-18(28-11-3-1-4-12-28)27-19(26-17)29-13-5-2-6-14-29/h7-10H,1-6,11-14H2,(H,24,25,26,27). The molecule has 162 valence electrons. The van der Waals surface area contributed by atoms with Crippen LogP contribution in [-0.4, -0.2) is 46.6 Å². The van der Waals surface area contributed by atoms with E-state index in [0.29, 0.717) is 23.5 Å². The Morgan fingerprint density at radius 2 is 1.23 bits per heavy atom. The van der Waals surface area contributed by atoms with E-state index in [0.717, 1.165) is 51.9 Å². The van der Waals surface area contributed by atoms with Gasteiger partial charge in [0.15, 0.2) is 0 Å². The molecule has 0 atom stereocenters. The third-order valence-corrected chi connectivity index (χ3v) is 5.97. The van der Waals surface area contributed by atoms with Gasteiger partial charge >= 0.3 is 5.51 Å². The van der Waals surface area contributed by atoms with Crippen molar-refractivity contribution in [3.8, 4) is 0 Å². The minimum absolute atomic E-state index is 0.124. The average Bonchev–Trinajstić information content (AvgIpc) is 2.75. The lowest BCUT2D eigenvalue weighted by atomic mass is 10.1. The first kappa shape index (κ1) is 21.0. The van der Waals surface area contributed by atoms with E-state index in [1.54, 1.807) is 12.1 Å². The summed E-state index contributed by atoms with van der Waals surface area (Å²) in [6.45, 7) is 3.69. The Morgan fingerprint density at radius 3 is 1.70 bits per heavy atom. The molecule has 2 aliphatic rings. The maximum Gasteiger partial charge on any atom is 0.446 e. The SMILES string of the molecule is FC(F)(F)Sc1ccc(Nc2nc(N3CCCCC3)nc(N3CCCCC3)n2)cc1. The van der Waals surface area contributed by atoms with Crippen molar-refractivity contribution < 1.29 is 13.2 Å². The quantitative estimate of drug-likeness (QED) is 0.643. The molecule has 0 spiro atoms. The van der Waals surface area contributed by atoms with Crippen LogP contribution in [-0.2, 0) is 0 Å². The molecule has 0 unspecified atom stereocenters. The number of hydrogen-bond acceptors (Lipinski definition) is 7. The van der Waals surface area contributed by atoms with Crippen LogP contribution in [0.1, 0.15) is 38.5 Å². The van der Waals surface area contributed by atoms with Crippen LogP contribution in [0, 0.1) is 0 Å². The van der Waals surface area contributed by atoms with Gasteiger partial charge in [0, 0.05) is 36.8 Å². The molecule has 0 saturated carbocycles. The van der Waals surface area contributed by atoms with Crippen molar-refractivity contribution >= 4 is 35.3 Å². The van der Waals surface area contributed by atoms with Gasteiger partial charge in [-0.15, -0.1) is 0 Å². The first-order valence-electron chi connectivity index (χ1n) is 10.4. The van der Waals surface area contributed by atoms with Crippen LogP contribution in [0.15, 0.2) is 29.2 Å². The summed E-state index contributed by atoms with van der Waals surface area (Å²) in [6.07, 6.45) is 6.90. The summed E-state index contributed by atoms with van der Waals surface area (Å²) < 4.78 is 37.6. The van der Waals surface area contributed by atoms with Gasteiger partial charge in [0.2, 0.25) is 17.8 Å². The number of aromatic nitrogens is 3. The van der Waals surface area contributed by atoms with E-state index in [1.165, 1.54) is 25.0 Å². The number of benzene rings is 1. The lowest BCUT2D eigenvalue weighted by Crippen LogP contribution is -2.34. The normalized spacial score (nSPS) is 17.8. The highest BCUT2D eigenvalue weighted by molar-refractivity contribution is 8.00. The number of alkyl halides is 3. The second-order valence-electron chi connectivity index (χ2n) is 7.55. The van der Waals surface area contributed by atoms with E-state index < -0.39 is 5.51 Å². The number of hydrogen-bond donors (Lipinski definition) is 1. The molecule has 6 nitrogen and oxygen atoms in total. The molecule has 30 heavy (non-hydrogen) atoms. The van der Waals surface area contributed by atoms with Gasteiger partial charge in [-0.1, -0.05) is 0 Å². The minimum atomic E-state index is -4.30. The largest absolute Gasteiger partial charge is 0.446 e. The van der Waals surface area contributed by atoms with E-state index in [9.17, 15) is 13.2 Å². The molecular weight excluding hydrogens is 413 g/mol. The summed E-state index contributed by atoms with van der Waals surface area (Å²) in [6, 6.07) is 6.11. The van der Waals surface area contributed by atoms with Crippen LogP contribution in [0.25, 0.3) is 0 Å². The van der Waals surface area contributed by atoms with E-state index in [-0.39, 0.29) is 16.7 Å². The Kier molecular flexibility index (Phi) is 6.50. The third-order valence-electron chi connectivity index (χ3n) is 5.23. The maximum atomic E-state index is 12.5. The zero-order chi connectivity index (χ0) is 21.0. The van der Waals surface area contributed by atoms with Crippen molar-refractivity contribution in [1.29, 1.82) is 0 Å². The topological polar surface area (TPSA) is 57.2 Å². The molecule has 2 aromatic rings. The molecule has 0 aliphatic carbocycles. The van der Waals surface area contributed by atoms with E-state index in [4.69, 9.17) is 4.98 Å². The number of piperidine rings is 2. The molecule has 1 aromatic carbocycles. The van der Waals surface area contributed by atoms with E-state index >= 15 is 0 Å². The van der Waals surface area contributed by atoms with Gasteiger partial charge in [-0.3, -0.25) is 0 Å². The molecule has 0 bridgehead atoms. The van der Waals surface area contributed by atoms with Crippen molar-refractivity contribution in [3.05, 3.63) is 24.3 Å². The van der Waals surface area contributed by atoms with Gasteiger partial charge in [-0.25, -0.2) is 0 Å². The van der Waals surface area contributed by atoms with Gasteiger partial charge in [-0.2, -0.15) is 28.1 Å². The van der Waals surface area contributed by atoms with Crippen LogP contribution in [0.4, 0.5) is 36.7 Å². The molecule has 0 radical (unpaired) electrons. The summed E-state index contributed by atoms with van der Waals surface area (Å²) in [5.74, 6) is 1.75. The number of nitrogens with zero attached hydrogens (tertiary/aromatic N) is 5. The zero-order valence-electron chi connectivity index (χ0n) is 16.7. The number of thioether (sulfide) groups is 1. The summed E-state index contributed by atoms with van der Waals surface area (Å²) in [4.78, 5) is 18.5. The highest BCUT2D eigenvalue weighted by Gasteiger charge is 2.29. The molecule has 2 saturated heterocycles. The highest BCUT2D eigenvalue weighted by atomic mass is 32.2. The lowest BCUT2D eigenvalue weighted by molar-refractivity contribution is -0.0328. The van der Waals surface area contributed by atoms with Gasteiger partial charge < -0.3 is 15.1 Å². The Balaban J connectivity index is 1.56. The first-order valence-corrected chi connectivity index (χ1v) is 11.2. The smallest absolute Gasteiger partial charge is 0.341 e.